The Hall–Kier alpha value is -1.33. The second-order valence-corrected chi connectivity index (χ2v) is 9.47. The number of hydrogen-bond donors (Lipinski definition) is 0. The molecule has 172 valence electrons. The van der Waals surface area contributed by atoms with Gasteiger partial charge in [0.05, 0.1) is 60.7 Å². The minimum atomic E-state index is -3.89. The van der Waals surface area contributed by atoms with E-state index in [0.29, 0.717) is 0 Å². The molecule has 0 bridgehead atoms. The van der Waals surface area contributed by atoms with Crippen LogP contribution in [0.25, 0.3) is 0 Å². The number of halogens is 6. The van der Waals surface area contributed by atoms with Crippen LogP contribution in [0.4, 0.5) is 24.1 Å². The third-order valence-electron chi connectivity index (χ3n) is 3.22. The molecular formula is C7H5F6N5O7S5. The molecule has 0 spiro atoms. The van der Waals surface area contributed by atoms with Gasteiger partial charge in [-0.1, -0.05) is 0 Å². The Kier molecular flexibility index (Phi) is 10.8. The number of rotatable bonds is 13. The first-order chi connectivity index (χ1) is 13.6. The lowest BCUT2D eigenvalue weighted by Gasteiger charge is -2.32. The zero-order valence-corrected chi connectivity index (χ0v) is 17.4. The maximum Gasteiger partial charge on any atom is 0.700 e. The van der Waals surface area contributed by atoms with Gasteiger partial charge in [0, 0.05) is 6.42 Å². The van der Waals surface area contributed by atoms with E-state index in [1.54, 1.807) is 0 Å². The fraction of sp³-hybridized carbons (Fsp3) is 0.714. The van der Waals surface area contributed by atoms with Crippen LogP contribution >= 0.6 is 60.7 Å². The van der Waals surface area contributed by atoms with E-state index in [4.69, 9.17) is 4.42 Å². The van der Waals surface area contributed by atoms with Crippen LogP contribution in [0.15, 0.2) is 4.42 Å². The van der Waals surface area contributed by atoms with Crippen molar-refractivity contribution in [3.05, 3.63) is 42.1 Å². The Bertz CT molecular complexity index is 725. The number of nitro groups is 3. The van der Waals surface area contributed by atoms with Crippen molar-refractivity contribution >= 4 is 60.7 Å². The van der Waals surface area contributed by atoms with E-state index in [1.807, 2.05) is 0 Å². The summed E-state index contributed by atoms with van der Waals surface area (Å²) in [6, 6.07) is 0. The highest BCUT2D eigenvalue weighted by Gasteiger charge is 2.70. The molecule has 12 nitrogen and oxygen atoms in total. The average Bonchev–Trinajstić information content (AvgIpc) is 3.15. The fourth-order valence-corrected chi connectivity index (χ4v) is 4.30. The predicted octanol–water partition coefficient (Wildman–Crippen LogP) is 4.53. The van der Waals surface area contributed by atoms with Crippen LogP contribution in [0.3, 0.4) is 0 Å². The predicted molar refractivity (Wildman–Crippen MR) is 96.7 cm³/mol. The summed E-state index contributed by atoms with van der Waals surface area (Å²) in [5.41, 5.74) is 0. The van der Waals surface area contributed by atoms with Gasteiger partial charge in [0.2, 0.25) is 13.4 Å². The molecule has 0 amide bonds. The largest absolute Gasteiger partial charge is 0.700 e. The minimum absolute atomic E-state index is 0. The molecule has 1 rings (SSSR count). The molecule has 0 aromatic carbocycles. The van der Waals surface area contributed by atoms with Crippen molar-refractivity contribution in [3.63, 3.8) is 0 Å². The second-order valence-electron chi connectivity index (χ2n) is 4.61. The van der Waals surface area contributed by atoms with Crippen molar-refractivity contribution in [2.24, 2.45) is 0 Å². The molecule has 23 heteroatoms. The van der Waals surface area contributed by atoms with Crippen molar-refractivity contribution in [1.29, 1.82) is 0 Å². The van der Waals surface area contributed by atoms with Gasteiger partial charge in [-0.25, -0.2) is 0 Å². The summed E-state index contributed by atoms with van der Waals surface area (Å²) >= 11 is -5.63. The SMILES string of the molecule is F.O=[N+]([O-])C(CCc1nnc(C(SF)(SF)C(SF)(SF)SF)o1)([N+](=O)[O-])[N+](=O)[O-]. The molecule has 0 aliphatic carbocycles. The molecule has 0 N–H and O–H groups in total. The monoisotopic (exact) mass is 545 g/mol. The van der Waals surface area contributed by atoms with Crippen molar-refractivity contribution in [2.75, 3.05) is 0 Å². The maximum absolute atomic E-state index is 13.5. The van der Waals surface area contributed by atoms with E-state index in [-0.39, 0.29) is 4.70 Å². The molecule has 0 saturated heterocycles. The molecule has 0 saturated carbocycles. The summed E-state index contributed by atoms with van der Waals surface area (Å²) in [5.74, 6) is -5.97. The normalized spacial score (nSPS) is 12.3. The number of aromatic nitrogens is 2. The molecule has 1 aromatic heterocycles. The summed E-state index contributed by atoms with van der Waals surface area (Å²) < 4.78 is 64.8. The highest BCUT2D eigenvalue weighted by molar-refractivity contribution is 8.32. The van der Waals surface area contributed by atoms with Gasteiger partial charge in [0.15, 0.2) is 21.2 Å². The number of aryl methyl sites for hydroxylation is 1. The van der Waals surface area contributed by atoms with Crippen LogP contribution in [0.1, 0.15) is 18.2 Å². The molecule has 0 radical (unpaired) electrons. The molecule has 0 unspecified atom stereocenters. The van der Waals surface area contributed by atoms with E-state index < -0.39 is 113 Å². The van der Waals surface area contributed by atoms with Gasteiger partial charge in [-0.05, 0) is 0 Å². The summed E-state index contributed by atoms with van der Waals surface area (Å²) in [5, 5.41) is 38.8. The van der Waals surface area contributed by atoms with Gasteiger partial charge in [0.25, 0.3) is 5.89 Å². The summed E-state index contributed by atoms with van der Waals surface area (Å²) in [6.45, 7) is 0. The Morgan fingerprint density at radius 2 is 1.27 bits per heavy atom. The molecule has 1 heterocycles. The Morgan fingerprint density at radius 3 is 1.60 bits per heavy atom. The molecule has 0 aliphatic heterocycles. The van der Waals surface area contributed by atoms with Crippen LogP contribution in [-0.4, -0.2) is 34.2 Å². The fourth-order valence-electron chi connectivity index (χ4n) is 1.73. The Balaban J connectivity index is 0.00000841. The zero-order valence-electron chi connectivity index (χ0n) is 13.3. The van der Waals surface area contributed by atoms with Crippen LogP contribution in [0.2, 0.25) is 0 Å². The number of hydrogen-bond acceptors (Lipinski definition) is 14. The standard InChI is InChI=1S/C7H4F5N5O7S5.FH/c8-25-6(26-9,7(27-10,28-11)29-12)4-14-13-3(24-4)1-2-5(15(18)19,16(20)21)17(22)23;/h1-2H2;1H. The lowest BCUT2D eigenvalue weighted by molar-refractivity contribution is -0.970. The van der Waals surface area contributed by atoms with E-state index in [0.717, 1.165) is 0 Å². The molecule has 30 heavy (non-hydrogen) atoms. The van der Waals surface area contributed by atoms with Crippen LogP contribution in [-0.2, 0) is 10.5 Å². The van der Waals surface area contributed by atoms with Crippen LogP contribution in [0, 0.1) is 30.3 Å². The third kappa shape index (κ3) is 4.62. The van der Waals surface area contributed by atoms with Crippen molar-refractivity contribution in [2.45, 2.75) is 26.1 Å². The quantitative estimate of drug-likeness (QED) is 0.147. The molecule has 1 aromatic rings. The van der Waals surface area contributed by atoms with Gasteiger partial charge < -0.3 is 4.42 Å². The van der Waals surface area contributed by atoms with E-state index in [9.17, 15) is 49.8 Å². The number of nitrogens with zero attached hydrogens (tertiary/aromatic N) is 5. The first-order valence-corrected chi connectivity index (χ1v) is 9.91. The van der Waals surface area contributed by atoms with Gasteiger partial charge in [0.1, 0.15) is 0 Å². The highest BCUT2D eigenvalue weighted by atomic mass is 32.3. The third-order valence-corrected chi connectivity index (χ3v) is 8.44. The second kappa shape index (κ2) is 11.3. The lowest BCUT2D eigenvalue weighted by atomic mass is 10.2. The van der Waals surface area contributed by atoms with Crippen molar-refractivity contribution in [3.8, 4) is 0 Å². The van der Waals surface area contributed by atoms with Gasteiger partial charge in [-0.15, -0.1) is 10.2 Å². The van der Waals surface area contributed by atoms with E-state index in [2.05, 4.69) is 10.2 Å². The maximum atomic E-state index is 13.5. The summed E-state index contributed by atoms with van der Waals surface area (Å²) in [7, 11) is 0. The van der Waals surface area contributed by atoms with Crippen molar-refractivity contribution in [1.82, 2.24) is 10.2 Å². The van der Waals surface area contributed by atoms with Gasteiger partial charge >= 0.3 is 5.79 Å². The van der Waals surface area contributed by atoms with Crippen LogP contribution < -0.4 is 0 Å². The topological polar surface area (TPSA) is 168 Å². The average molecular weight is 545 g/mol. The Morgan fingerprint density at radius 1 is 0.833 bits per heavy atom. The van der Waals surface area contributed by atoms with E-state index in [1.165, 1.54) is 0 Å². The zero-order chi connectivity index (χ0) is 22.5. The van der Waals surface area contributed by atoms with Gasteiger partial charge in [-0.3, -0.25) is 35.0 Å². The highest BCUT2D eigenvalue weighted by Crippen LogP contribution is 2.69. The smallest absolute Gasteiger partial charge is 0.422 e. The minimum Gasteiger partial charge on any atom is -0.422 e. The summed E-state index contributed by atoms with van der Waals surface area (Å²) in [6.07, 6.45) is -2.44. The Labute approximate surface area is 182 Å². The lowest BCUT2D eigenvalue weighted by Crippen LogP contribution is -2.53. The van der Waals surface area contributed by atoms with Crippen LogP contribution in [0.5, 0.6) is 0 Å². The first-order valence-electron chi connectivity index (χ1n) is 6.32. The molecule has 0 atom stereocenters. The van der Waals surface area contributed by atoms with Gasteiger partial charge in [-0.2, -0.15) is 19.4 Å². The molecule has 0 fully saturated rings. The molecule has 0 aliphatic rings. The molecular weight excluding hydrogens is 540 g/mol. The van der Waals surface area contributed by atoms with Crippen molar-refractivity contribution < 1.29 is 43.3 Å². The van der Waals surface area contributed by atoms with E-state index >= 15 is 0 Å². The summed E-state index contributed by atoms with van der Waals surface area (Å²) in [4.78, 5) is 27.2. The first kappa shape index (κ1) is 28.7.